The van der Waals surface area contributed by atoms with E-state index in [4.69, 9.17) is 11.6 Å². The lowest BCUT2D eigenvalue weighted by molar-refractivity contribution is -0.137. The maximum absolute atomic E-state index is 13.7. The van der Waals surface area contributed by atoms with E-state index >= 15 is 0 Å². The van der Waals surface area contributed by atoms with Gasteiger partial charge in [0.1, 0.15) is 6.29 Å². The average Bonchev–Trinajstić information content (AvgIpc) is 3.04. The number of nitrogens with one attached hydrogen (secondary N) is 1. The van der Waals surface area contributed by atoms with Crippen molar-refractivity contribution in [3.63, 3.8) is 0 Å². The number of hydrogen-bond donors (Lipinski definition) is 1. The van der Waals surface area contributed by atoms with E-state index in [1.54, 1.807) is 24.3 Å². The summed E-state index contributed by atoms with van der Waals surface area (Å²) in [5, 5.41) is 1.62. The van der Waals surface area contributed by atoms with Gasteiger partial charge in [0.25, 0.3) is 5.92 Å². The molecule has 1 heterocycles. The largest absolute Gasteiger partial charge is 0.416 e. The Labute approximate surface area is 162 Å². The van der Waals surface area contributed by atoms with Crippen molar-refractivity contribution >= 4 is 29.3 Å². The Hall–Kier alpha value is -2.61. The molecule has 0 radical (unpaired) electrons. The van der Waals surface area contributed by atoms with E-state index in [0.717, 1.165) is 12.1 Å². The summed E-state index contributed by atoms with van der Waals surface area (Å²) >= 11 is 5.95. The molecule has 3 rings (SSSR count). The molecule has 0 spiro atoms. The average molecular weight is 417 g/mol. The van der Waals surface area contributed by atoms with Gasteiger partial charge in [-0.05, 0) is 30.3 Å². The van der Waals surface area contributed by atoms with Gasteiger partial charge in [-0.3, -0.25) is 15.2 Å². The van der Waals surface area contributed by atoms with Crippen LogP contribution in [0.1, 0.15) is 23.6 Å². The topological polar surface area (TPSA) is 32.3 Å². The maximum atomic E-state index is 13.7. The van der Waals surface area contributed by atoms with E-state index in [-0.39, 0.29) is 17.8 Å². The van der Waals surface area contributed by atoms with Crippen molar-refractivity contribution in [1.29, 1.82) is 0 Å². The molecule has 0 unspecified atom stereocenters. The summed E-state index contributed by atoms with van der Waals surface area (Å²) in [7, 11) is 0. The van der Waals surface area contributed by atoms with Gasteiger partial charge in [0, 0.05) is 28.6 Å². The number of carbonyl (C=O) groups is 1. The zero-order chi connectivity index (χ0) is 20.7. The molecule has 2 aromatic rings. The van der Waals surface area contributed by atoms with Crippen LogP contribution in [0.4, 0.5) is 27.6 Å². The molecule has 28 heavy (non-hydrogen) atoms. The minimum atomic E-state index is -4.80. The molecule has 0 aromatic heterocycles. The Morgan fingerprint density at radius 2 is 1.75 bits per heavy atom. The number of nitrogens with zero attached hydrogens (tertiary/aromatic N) is 1. The zero-order valence-corrected chi connectivity index (χ0v) is 15.2. The molecule has 1 aliphatic rings. The van der Waals surface area contributed by atoms with Crippen LogP contribution in [0.25, 0.3) is 5.70 Å². The number of halogens is 6. The third-order valence-electron chi connectivity index (χ3n) is 4.22. The SMILES string of the molecule is CC(F)(F)c1cc(N2CC(C=O)=C(c3cccc(Cl)c3)N2)cc(C(F)(F)F)c1. The first-order valence-electron chi connectivity index (χ1n) is 8.08. The fraction of sp³-hybridized carbons (Fsp3) is 0.211. The van der Waals surface area contributed by atoms with Gasteiger partial charge in [0.05, 0.1) is 23.5 Å². The highest BCUT2D eigenvalue weighted by Crippen LogP contribution is 2.38. The van der Waals surface area contributed by atoms with Crippen LogP contribution in [0.3, 0.4) is 0 Å². The van der Waals surface area contributed by atoms with E-state index in [1.165, 1.54) is 5.01 Å². The normalized spacial score (nSPS) is 15.0. The van der Waals surface area contributed by atoms with Crippen LogP contribution in [-0.2, 0) is 16.9 Å². The number of hydrogen-bond acceptors (Lipinski definition) is 3. The Morgan fingerprint density at radius 1 is 1.07 bits per heavy atom. The third kappa shape index (κ3) is 4.11. The summed E-state index contributed by atoms with van der Waals surface area (Å²) in [6.45, 7) is 0.428. The lowest BCUT2D eigenvalue weighted by atomic mass is 10.0. The molecule has 9 heteroatoms. The Morgan fingerprint density at radius 3 is 2.32 bits per heavy atom. The molecule has 1 aliphatic heterocycles. The van der Waals surface area contributed by atoms with Gasteiger partial charge in [0.2, 0.25) is 0 Å². The number of rotatable bonds is 4. The second-order valence-corrected chi connectivity index (χ2v) is 6.82. The van der Waals surface area contributed by atoms with Crippen molar-refractivity contribution in [3.8, 4) is 0 Å². The molecule has 0 fully saturated rings. The van der Waals surface area contributed by atoms with Crippen molar-refractivity contribution < 1.29 is 26.7 Å². The standard InChI is InChI=1S/C19H14ClF5N2O/c1-18(21,22)13-6-14(19(23,24)25)8-16(7-13)27-9-12(10-28)17(26-27)11-3-2-4-15(20)5-11/h2-8,10,26H,9H2,1H3. The number of alkyl halides is 5. The Balaban J connectivity index is 2.02. The van der Waals surface area contributed by atoms with E-state index in [2.05, 4.69) is 5.43 Å². The molecule has 0 atom stereocenters. The second kappa shape index (κ2) is 7.09. The molecule has 0 saturated carbocycles. The summed E-state index contributed by atoms with van der Waals surface area (Å²) in [4.78, 5) is 11.4. The minimum absolute atomic E-state index is 0.0959. The number of hydrazine groups is 1. The molecule has 0 aliphatic carbocycles. The predicted octanol–water partition coefficient (Wildman–Crippen LogP) is 5.41. The molecule has 1 N–H and O–H groups in total. The summed E-state index contributed by atoms with van der Waals surface area (Å²) in [5.74, 6) is -3.47. The Bertz CT molecular complexity index is 918. The first-order valence-corrected chi connectivity index (χ1v) is 8.46. The van der Waals surface area contributed by atoms with Crippen molar-refractivity contribution in [2.24, 2.45) is 0 Å². The zero-order valence-electron chi connectivity index (χ0n) is 14.4. The predicted molar refractivity (Wildman–Crippen MR) is 95.9 cm³/mol. The van der Waals surface area contributed by atoms with Gasteiger partial charge >= 0.3 is 6.18 Å². The van der Waals surface area contributed by atoms with E-state index < -0.39 is 23.2 Å². The minimum Gasteiger partial charge on any atom is -0.298 e. The summed E-state index contributed by atoms with van der Waals surface area (Å²) in [6.07, 6.45) is -4.24. The van der Waals surface area contributed by atoms with Crippen LogP contribution in [0.2, 0.25) is 5.02 Å². The number of carbonyl (C=O) groups excluding carboxylic acids is 1. The number of aldehydes is 1. The van der Waals surface area contributed by atoms with Crippen LogP contribution in [-0.4, -0.2) is 12.8 Å². The van der Waals surface area contributed by atoms with Crippen molar-refractivity contribution in [1.82, 2.24) is 5.43 Å². The first-order chi connectivity index (χ1) is 13.0. The molecule has 2 aromatic carbocycles. The van der Waals surface area contributed by atoms with E-state index in [0.29, 0.717) is 35.6 Å². The van der Waals surface area contributed by atoms with Crippen molar-refractivity contribution in [2.45, 2.75) is 19.0 Å². The molecular formula is C19H14ClF5N2O. The highest BCUT2D eigenvalue weighted by molar-refractivity contribution is 6.30. The molecule has 148 valence electrons. The smallest absolute Gasteiger partial charge is 0.298 e. The fourth-order valence-corrected chi connectivity index (χ4v) is 3.02. The number of benzene rings is 2. The van der Waals surface area contributed by atoms with Gasteiger partial charge in [0.15, 0.2) is 0 Å². The molecule has 3 nitrogen and oxygen atoms in total. The monoisotopic (exact) mass is 416 g/mol. The van der Waals surface area contributed by atoms with Crippen LogP contribution in [0, 0.1) is 0 Å². The lowest BCUT2D eigenvalue weighted by Crippen LogP contribution is -2.32. The van der Waals surface area contributed by atoms with Gasteiger partial charge in [-0.25, -0.2) is 8.78 Å². The highest BCUT2D eigenvalue weighted by Gasteiger charge is 2.36. The summed E-state index contributed by atoms with van der Waals surface area (Å²) < 4.78 is 67.0. The van der Waals surface area contributed by atoms with Gasteiger partial charge < -0.3 is 0 Å². The van der Waals surface area contributed by atoms with Crippen molar-refractivity contribution in [3.05, 3.63) is 69.8 Å². The maximum Gasteiger partial charge on any atom is 0.416 e. The van der Waals surface area contributed by atoms with Crippen LogP contribution < -0.4 is 10.4 Å². The molecule has 0 bridgehead atoms. The van der Waals surface area contributed by atoms with Gasteiger partial charge in [-0.2, -0.15) is 13.2 Å². The third-order valence-corrected chi connectivity index (χ3v) is 4.45. The van der Waals surface area contributed by atoms with Crippen molar-refractivity contribution in [2.75, 3.05) is 11.6 Å². The lowest BCUT2D eigenvalue weighted by Gasteiger charge is -2.24. The van der Waals surface area contributed by atoms with Crippen LogP contribution in [0.15, 0.2) is 48.0 Å². The summed E-state index contributed by atoms with van der Waals surface area (Å²) in [5.41, 5.74) is 1.85. The molecule has 0 saturated heterocycles. The van der Waals surface area contributed by atoms with E-state index in [1.807, 2.05) is 0 Å². The fourth-order valence-electron chi connectivity index (χ4n) is 2.83. The van der Waals surface area contributed by atoms with Crippen LogP contribution >= 0.6 is 11.6 Å². The van der Waals surface area contributed by atoms with Crippen LogP contribution in [0.5, 0.6) is 0 Å². The molecular weight excluding hydrogens is 403 g/mol. The highest BCUT2D eigenvalue weighted by atomic mass is 35.5. The summed E-state index contributed by atoms with van der Waals surface area (Å²) in [6, 6.07) is 8.66. The van der Waals surface area contributed by atoms with Gasteiger partial charge in [-0.15, -0.1) is 0 Å². The van der Waals surface area contributed by atoms with Gasteiger partial charge in [-0.1, -0.05) is 23.7 Å². The second-order valence-electron chi connectivity index (χ2n) is 6.38. The molecule has 0 amide bonds. The quantitative estimate of drug-likeness (QED) is 0.534. The Kier molecular flexibility index (Phi) is 5.10. The number of anilines is 1. The van der Waals surface area contributed by atoms with E-state index in [9.17, 15) is 26.7 Å². The first kappa shape index (κ1) is 20.1.